The molecule has 0 saturated heterocycles. The number of nitrogens with zero attached hydrogens (tertiary/aromatic N) is 2. The lowest BCUT2D eigenvalue weighted by Gasteiger charge is -2.07. The van der Waals surface area contributed by atoms with Crippen LogP contribution in [-0.2, 0) is 10.0 Å². The molecule has 0 fully saturated rings. The fourth-order valence-corrected chi connectivity index (χ4v) is 5.07. The van der Waals surface area contributed by atoms with E-state index in [1.54, 1.807) is 54.6 Å². The fraction of sp³-hybridized carbons (Fsp3) is 0.0435. The predicted molar refractivity (Wildman–Crippen MR) is 127 cm³/mol. The van der Waals surface area contributed by atoms with E-state index in [1.807, 2.05) is 6.92 Å². The van der Waals surface area contributed by atoms with Crippen molar-refractivity contribution in [2.75, 3.05) is 0 Å². The molecule has 3 aromatic carbocycles. The monoisotopic (exact) mass is 485 g/mol. The third kappa shape index (κ3) is 4.27. The second kappa shape index (κ2) is 8.78. The summed E-state index contributed by atoms with van der Waals surface area (Å²) < 4.78 is 27.7. The Balaban J connectivity index is 1.67. The largest absolute Gasteiger partial charge is 0.272 e. The van der Waals surface area contributed by atoms with E-state index in [0.717, 1.165) is 5.56 Å². The van der Waals surface area contributed by atoms with Crippen LogP contribution in [0.4, 0.5) is 0 Å². The molecule has 1 heterocycles. The van der Waals surface area contributed by atoms with Crippen molar-refractivity contribution in [1.82, 2.24) is 9.40 Å². The summed E-state index contributed by atoms with van der Waals surface area (Å²) >= 11 is 11.9. The number of carbonyl (C=O) groups excluding carboxylic acids is 1. The van der Waals surface area contributed by atoms with Gasteiger partial charge in [0, 0.05) is 22.2 Å². The Bertz CT molecular complexity index is 1460. The topological polar surface area (TPSA) is 80.5 Å². The number of hydrazone groups is 1. The van der Waals surface area contributed by atoms with Gasteiger partial charge >= 0.3 is 0 Å². The van der Waals surface area contributed by atoms with Crippen molar-refractivity contribution >= 4 is 56.2 Å². The number of aryl methyl sites for hydroxylation is 1. The second-order valence-corrected chi connectivity index (χ2v) is 9.70. The summed E-state index contributed by atoms with van der Waals surface area (Å²) in [5.74, 6) is -0.515. The Morgan fingerprint density at radius 2 is 1.75 bits per heavy atom. The number of carbonyl (C=O) groups is 1. The van der Waals surface area contributed by atoms with Crippen molar-refractivity contribution in [3.05, 3.63) is 99.7 Å². The molecule has 0 spiro atoms. The van der Waals surface area contributed by atoms with Gasteiger partial charge in [0.15, 0.2) is 0 Å². The number of nitrogens with one attached hydrogen (secondary N) is 1. The van der Waals surface area contributed by atoms with Gasteiger partial charge in [0.05, 0.1) is 27.2 Å². The molecule has 0 bridgehead atoms. The molecule has 4 aromatic rings. The summed E-state index contributed by atoms with van der Waals surface area (Å²) in [7, 11) is -3.82. The molecule has 32 heavy (non-hydrogen) atoms. The molecule has 0 aliphatic carbocycles. The minimum Gasteiger partial charge on any atom is -0.267 e. The Kier molecular flexibility index (Phi) is 6.06. The number of rotatable bonds is 5. The fourth-order valence-electron chi connectivity index (χ4n) is 3.20. The summed E-state index contributed by atoms with van der Waals surface area (Å²) in [6.45, 7) is 1.89. The first-order valence-electron chi connectivity index (χ1n) is 9.48. The van der Waals surface area contributed by atoms with E-state index < -0.39 is 15.9 Å². The number of fused-ring (bicyclic) bond motifs is 1. The first-order valence-corrected chi connectivity index (χ1v) is 11.7. The molecule has 0 aliphatic heterocycles. The quantitative estimate of drug-likeness (QED) is 0.309. The summed E-state index contributed by atoms with van der Waals surface area (Å²) in [5, 5.41) is 5.27. The highest BCUT2D eigenvalue weighted by Gasteiger charge is 2.20. The molecule has 1 amide bonds. The lowest BCUT2D eigenvalue weighted by atomic mass is 10.2. The van der Waals surface area contributed by atoms with Crippen molar-refractivity contribution < 1.29 is 13.2 Å². The van der Waals surface area contributed by atoms with E-state index in [4.69, 9.17) is 23.2 Å². The van der Waals surface area contributed by atoms with Crippen LogP contribution in [0.3, 0.4) is 0 Å². The average Bonchev–Trinajstić information content (AvgIpc) is 3.13. The zero-order chi connectivity index (χ0) is 22.9. The first-order chi connectivity index (χ1) is 15.3. The molecule has 4 rings (SSSR count). The van der Waals surface area contributed by atoms with Crippen LogP contribution in [0.25, 0.3) is 10.9 Å². The number of hydrogen-bond donors (Lipinski definition) is 1. The van der Waals surface area contributed by atoms with E-state index in [9.17, 15) is 13.2 Å². The normalized spacial score (nSPS) is 11.8. The number of hydrogen-bond acceptors (Lipinski definition) is 4. The summed E-state index contributed by atoms with van der Waals surface area (Å²) in [6.07, 6.45) is 2.87. The lowest BCUT2D eigenvalue weighted by molar-refractivity contribution is 0.0955. The van der Waals surface area contributed by atoms with Crippen LogP contribution in [0.5, 0.6) is 0 Å². The molecular formula is C23H17Cl2N3O3S. The van der Waals surface area contributed by atoms with Crippen molar-refractivity contribution in [2.24, 2.45) is 5.10 Å². The van der Waals surface area contributed by atoms with Crippen molar-refractivity contribution in [3.63, 3.8) is 0 Å². The van der Waals surface area contributed by atoms with Crippen LogP contribution in [0.15, 0.2) is 82.9 Å². The molecule has 0 saturated carbocycles. The van der Waals surface area contributed by atoms with Crippen molar-refractivity contribution in [1.29, 1.82) is 0 Å². The highest BCUT2D eigenvalue weighted by atomic mass is 35.5. The van der Waals surface area contributed by atoms with Crippen LogP contribution >= 0.6 is 23.2 Å². The first kappa shape index (κ1) is 22.1. The summed E-state index contributed by atoms with van der Waals surface area (Å²) in [5.41, 5.74) is 4.61. The van der Waals surface area contributed by atoms with Gasteiger partial charge in [-0.15, -0.1) is 0 Å². The van der Waals surface area contributed by atoms with E-state index in [0.29, 0.717) is 21.5 Å². The minimum absolute atomic E-state index is 0.179. The average molecular weight is 486 g/mol. The maximum Gasteiger partial charge on any atom is 0.272 e. The number of halogens is 2. The van der Waals surface area contributed by atoms with E-state index in [2.05, 4.69) is 10.5 Å². The lowest BCUT2D eigenvalue weighted by Crippen LogP contribution is -2.18. The van der Waals surface area contributed by atoms with Crippen molar-refractivity contribution in [2.45, 2.75) is 11.8 Å². The van der Waals surface area contributed by atoms with Gasteiger partial charge in [-0.3, -0.25) is 4.79 Å². The van der Waals surface area contributed by atoms with E-state index in [1.165, 1.54) is 28.5 Å². The molecule has 0 aliphatic rings. The highest BCUT2D eigenvalue weighted by Crippen LogP contribution is 2.25. The Hall–Kier alpha value is -3.13. The zero-order valence-electron chi connectivity index (χ0n) is 16.8. The molecule has 6 nitrogen and oxygen atoms in total. The maximum atomic E-state index is 13.2. The van der Waals surface area contributed by atoms with Gasteiger partial charge in [-0.1, -0.05) is 59.1 Å². The van der Waals surface area contributed by atoms with Gasteiger partial charge in [-0.25, -0.2) is 17.8 Å². The minimum atomic E-state index is -3.82. The van der Waals surface area contributed by atoms with Crippen LogP contribution < -0.4 is 5.43 Å². The Labute approximate surface area is 195 Å². The van der Waals surface area contributed by atoms with Crippen molar-refractivity contribution in [3.8, 4) is 0 Å². The van der Waals surface area contributed by atoms with Crippen LogP contribution in [0.2, 0.25) is 10.0 Å². The molecule has 0 unspecified atom stereocenters. The molecule has 0 atom stereocenters. The smallest absolute Gasteiger partial charge is 0.267 e. The maximum absolute atomic E-state index is 13.2. The summed E-state index contributed by atoms with van der Waals surface area (Å²) in [4.78, 5) is 12.5. The van der Waals surface area contributed by atoms with Crippen LogP contribution in [-0.4, -0.2) is 24.5 Å². The van der Waals surface area contributed by atoms with Crippen LogP contribution in [0.1, 0.15) is 21.5 Å². The van der Waals surface area contributed by atoms with Gasteiger partial charge in [0.1, 0.15) is 0 Å². The predicted octanol–water partition coefficient (Wildman–Crippen LogP) is 5.26. The van der Waals surface area contributed by atoms with Gasteiger partial charge in [0.25, 0.3) is 15.9 Å². The Morgan fingerprint density at radius 3 is 2.47 bits per heavy atom. The molecule has 9 heteroatoms. The summed E-state index contributed by atoms with van der Waals surface area (Å²) in [6, 6.07) is 18.2. The number of aromatic nitrogens is 1. The molecule has 0 radical (unpaired) electrons. The molecule has 1 aromatic heterocycles. The molecular weight excluding hydrogens is 469 g/mol. The van der Waals surface area contributed by atoms with Gasteiger partial charge in [-0.2, -0.15) is 5.10 Å². The third-order valence-corrected chi connectivity index (χ3v) is 7.07. The zero-order valence-corrected chi connectivity index (χ0v) is 19.1. The van der Waals surface area contributed by atoms with Gasteiger partial charge < -0.3 is 0 Å². The molecule has 162 valence electrons. The standard InChI is InChI=1S/C23H17Cl2N3O3S/c1-15-6-9-18(10-7-15)32(30,31)28-14-16(19-4-2-3-5-22(19)28)13-26-27-23(29)20-11-8-17(24)12-21(20)25/h2-14H,1H3,(H,27,29). The van der Waals surface area contributed by atoms with E-state index in [-0.39, 0.29) is 15.5 Å². The third-order valence-electron chi connectivity index (χ3n) is 4.83. The second-order valence-electron chi connectivity index (χ2n) is 7.04. The highest BCUT2D eigenvalue weighted by molar-refractivity contribution is 7.90. The molecule has 1 N–H and O–H groups in total. The van der Waals surface area contributed by atoms with Gasteiger partial charge in [0.2, 0.25) is 0 Å². The van der Waals surface area contributed by atoms with Crippen LogP contribution in [0, 0.1) is 6.92 Å². The Morgan fingerprint density at radius 1 is 1.03 bits per heavy atom. The SMILES string of the molecule is Cc1ccc(S(=O)(=O)n2cc(C=NNC(=O)c3ccc(Cl)cc3Cl)c3ccccc32)cc1. The number of amides is 1. The number of benzene rings is 3. The van der Waals surface area contributed by atoms with E-state index >= 15 is 0 Å². The van der Waals surface area contributed by atoms with Gasteiger partial charge in [-0.05, 0) is 43.3 Å². The number of para-hydroxylation sites is 1.